The molecule has 0 aliphatic carbocycles. The van der Waals surface area contributed by atoms with Gasteiger partial charge >= 0.3 is 0 Å². The summed E-state index contributed by atoms with van der Waals surface area (Å²) in [6.45, 7) is 10.00. The Bertz CT molecular complexity index is 304. The van der Waals surface area contributed by atoms with Crippen molar-refractivity contribution >= 4 is 5.69 Å². The van der Waals surface area contributed by atoms with Gasteiger partial charge in [-0.1, -0.05) is 45.4 Å². The summed E-state index contributed by atoms with van der Waals surface area (Å²) in [6, 6.07) is 6.53. The van der Waals surface area contributed by atoms with Gasteiger partial charge in [-0.05, 0) is 30.4 Å². The Morgan fingerprint density at radius 3 is 2.60 bits per heavy atom. The maximum Gasteiger partial charge on any atom is 0.0402 e. The van der Waals surface area contributed by atoms with Crippen LogP contribution in [-0.4, -0.2) is 6.54 Å². The van der Waals surface area contributed by atoms with Gasteiger partial charge in [0.15, 0.2) is 0 Å². The van der Waals surface area contributed by atoms with Crippen molar-refractivity contribution in [3.63, 3.8) is 0 Å². The highest BCUT2D eigenvalue weighted by Crippen LogP contribution is 2.21. The van der Waals surface area contributed by atoms with Gasteiger partial charge < -0.3 is 5.32 Å². The van der Waals surface area contributed by atoms with Crippen LogP contribution in [-0.2, 0) is 6.42 Å². The number of anilines is 1. The Kier molecular flexibility index (Phi) is 4.67. The fourth-order valence-corrected chi connectivity index (χ4v) is 1.70. The molecule has 0 aromatic heterocycles. The monoisotopic (exact) mass is 205 g/mol. The summed E-state index contributed by atoms with van der Waals surface area (Å²) in [5.74, 6) is 0.745. The van der Waals surface area contributed by atoms with Gasteiger partial charge in [0.2, 0.25) is 0 Å². The summed E-state index contributed by atoms with van der Waals surface area (Å²) < 4.78 is 0. The van der Waals surface area contributed by atoms with Gasteiger partial charge in [-0.2, -0.15) is 0 Å². The molecule has 1 rings (SSSR count). The SMILES string of the molecule is CCc1cccc(C)c1NCC(C)CC. The molecule has 1 N–H and O–H groups in total. The van der Waals surface area contributed by atoms with E-state index < -0.39 is 0 Å². The summed E-state index contributed by atoms with van der Waals surface area (Å²) in [6.07, 6.45) is 2.34. The second kappa shape index (κ2) is 5.79. The first-order chi connectivity index (χ1) is 7.19. The van der Waals surface area contributed by atoms with Crippen LogP contribution in [0, 0.1) is 12.8 Å². The van der Waals surface area contributed by atoms with E-state index in [2.05, 4.69) is 51.2 Å². The van der Waals surface area contributed by atoms with Crippen molar-refractivity contribution in [1.82, 2.24) is 0 Å². The minimum Gasteiger partial charge on any atom is -0.384 e. The van der Waals surface area contributed by atoms with Crippen LogP contribution in [0.2, 0.25) is 0 Å². The number of hydrogen-bond acceptors (Lipinski definition) is 1. The number of aryl methyl sites for hydroxylation is 2. The van der Waals surface area contributed by atoms with Crippen molar-refractivity contribution in [3.05, 3.63) is 29.3 Å². The molecular weight excluding hydrogens is 182 g/mol. The normalized spacial score (nSPS) is 12.5. The number of hydrogen-bond donors (Lipinski definition) is 1. The van der Waals surface area contributed by atoms with E-state index in [1.165, 1.54) is 23.2 Å². The molecule has 1 atom stereocenters. The van der Waals surface area contributed by atoms with Crippen LogP contribution in [0.4, 0.5) is 5.69 Å². The van der Waals surface area contributed by atoms with Crippen LogP contribution in [0.1, 0.15) is 38.3 Å². The maximum atomic E-state index is 3.58. The van der Waals surface area contributed by atoms with Crippen molar-refractivity contribution in [2.24, 2.45) is 5.92 Å². The highest BCUT2D eigenvalue weighted by atomic mass is 14.9. The van der Waals surface area contributed by atoms with Crippen molar-refractivity contribution < 1.29 is 0 Å². The Morgan fingerprint density at radius 1 is 1.27 bits per heavy atom. The van der Waals surface area contributed by atoms with Crippen LogP contribution in [0.5, 0.6) is 0 Å². The molecule has 0 saturated carbocycles. The van der Waals surface area contributed by atoms with Crippen molar-refractivity contribution in [3.8, 4) is 0 Å². The Morgan fingerprint density at radius 2 is 2.00 bits per heavy atom. The van der Waals surface area contributed by atoms with Crippen LogP contribution >= 0.6 is 0 Å². The lowest BCUT2D eigenvalue weighted by molar-refractivity contribution is 0.593. The number of para-hydroxylation sites is 1. The highest BCUT2D eigenvalue weighted by Gasteiger charge is 2.04. The summed E-state index contributed by atoms with van der Waals surface area (Å²) >= 11 is 0. The molecule has 0 fully saturated rings. The molecule has 0 radical (unpaired) electrons. The molecule has 0 aliphatic rings. The van der Waals surface area contributed by atoms with E-state index in [1.807, 2.05) is 0 Å². The van der Waals surface area contributed by atoms with E-state index in [-0.39, 0.29) is 0 Å². The summed E-state index contributed by atoms with van der Waals surface area (Å²) in [4.78, 5) is 0. The molecule has 0 bridgehead atoms. The van der Waals surface area contributed by atoms with Crippen molar-refractivity contribution in [2.45, 2.75) is 40.5 Å². The largest absolute Gasteiger partial charge is 0.384 e. The van der Waals surface area contributed by atoms with Gasteiger partial charge in [0, 0.05) is 12.2 Å². The predicted octanol–water partition coefficient (Wildman–Crippen LogP) is 4.02. The van der Waals surface area contributed by atoms with Crippen LogP contribution in [0.25, 0.3) is 0 Å². The molecule has 84 valence electrons. The van der Waals surface area contributed by atoms with E-state index in [0.29, 0.717) is 0 Å². The van der Waals surface area contributed by atoms with E-state index in [0.717, 1.165) is 18.9 Å². The zero-order chi connectivity index (χ0) is 11.3. The van der Waals surface area contributed by atoms with Crippen LogP contribution in [0.3, 0.4) is 0 Å². The molecule has 0 aliphatic heterocycles. The topological polar surface area (TPSA) is 12.0 Å². The third-order valence-corrected chi connectivity index (χ3v) is 3.06. The van der Waals surface area contributed by atoms with Gasteiger partial charge in [0.1, 0.15) is 0 Å². The molecular formula is C14H23N. The van der Waals surface area contributed by atoms with Crippen molar-refractivity contribution in [2.75, 3.05) is 11.9 Å². The smallest absolute Gasteiger partial charge is 0.0402 e. The average molecular weight is 205 g/mol. The minimum atomic E-state index is 0.745. The Balaban J connectivity index is 2.74. The first-order valence-electron chi connectivity index (χ1n) is 6.01. The quantitative estimate of drug-likeness (QED) is 0.765. The van der Waals surface area contributed by atoms with E-state index in [4.69, 9.17) is 0 Å². The fraction of sp³-hybridized carbons (Fsp3) is 0.571. The van der Waals surface area contributed by atoms with Crippen molar-refractivity contribution in [1.29, 1.82) is 0 Å². The summed E-state index contributed by atoms with van der Waals surface area (Å²) in [7, 11) is 0. The number of benzene rings is 1. The molecule has 1 nitrogen and oxygen atoms in total. The third-order valence-electron chi connectivity index (χ3n) is 3.06. The number of rotatable bonds is 5. The molecule has 1 heteroatoms. The summed E-state index contributed by atoms with van der Waals surface area (Å²) in [5.41, 5.74) is 4.14. The van der Waals surface area contributed by atoms with Crippen LogP contribution < -0.4 is 5.32 Å². The van der Waals surface area contributed by atoms with E-state index in [9.17, 15) is 0 Å². The zero-order valence-electron chi connectivity index (χ0n) is 10.4. The maximum absolute atomic E-state index is 3.58. The lowest BCUT2D eigenvalue weighted by Crippen LogP contribution is -2.12. The molecule has 15 heavy (non-hydrogen) atoms. The molecule has 0 spiro atoms. The summed E-state index contributed by atoms with van der Waals surface area (Å²) in [5, 5.41) is 3.58. The molecule has 1 aromatic carbocycles. The second-order valence-electron chi connectivity index (χ2n) is 4.36. The number of nitrogens with one attached hydrogen (secondary N) is 1. The Labute approximate surface area is 93.9 Å². The zero-order valence-corrected chi connectivity index (χ0v) is 10.4. The molecule has 0 heterocycles. The first-order valence-corrected chi connectivity index (χ1v) is 6.01. The van der Waals surface area contributed by atoms with Gasteiger partial charge in [0.25, 0.3) is 0 Å². The van der Waals surface area contributed by atoms with Crippen LogP contribution in [0.15, 0.2) is 18.2 Å². The van der Waals surface area contributed by atoms with Gasteiger partial charge in [0.05, 0.1) is 0 Å². The first kappa shape index (κ1) is 12.1. The fourth-order valence-electron chi connectivity index (χ4n) is 1.70. The van der Waals surface area contributed by atoms with E-state index >= 15 is 0 Å². The van der Waals surface area contributed by atoms with Gasteiger partial charge in [-0.25, -0.2) is 0 Å². The molecule has 0 saturated heterocycles. The molecule has 0 amide bonds. The second-order valence-corrected chi connectivity index (χ2v) is 4.36. The average Bonchev–Trinajstić information content (AvgIpc) is 2.26. The predicted molar refractivity (Wildman–Crippen MR) is 68.5 cm³/mol. The van der Waals surface area contributed by atoms with E-state index in [1.54, 1.807) is 0 Å². The highest BCUT2D eigenvalue weighted by molar-refractivity contribution is 5.57. The standard InChI is InChI=1S/C14H23N/c1-5-11(3)10-15-14-12(4)8-7-9-13(14)6-2/h7-9,11,15H,5-6,10H2,1-4H3. The molecule has 1 aromatic rings. The lowest BCUT2D eigenvalue weighted by atomic mass is 10.0. The lowest BCUT2D eigenvalue weighted by Gasteiger charge is -2.16. The third kappa shape index (κ3) is 3.26. The van der Waals surface area contributed by atoms with Gasteiger partial charge in [-0.15, -0.1) is 0 Å². The van der Waals surface area contributed by atoms with Gasteiger partial charge in [-0.3, -0.25) is 0 Å². The minimum absolute atomic E-state index is 0.745. The molecule has 1 unspecified atom stereocenters. The Hall–Kier alpha value is -0.980.